The molecule has 34 heavy (non-hydrogen) atoms. The van der Waals surface area contributed by atoms with Gasteiger partial charge in [0.1, 0.15) is 0 Å². The summed E-state index contributed by atoms with van der Waals surface area (Å²) in [6, 6.07) is 11.5. The molecule has 2 rings (SSSR count). The van der Waals surface area contributed by atoms with Crippen molar-refractivity contribution in [3.05, 3.63) is 54.1 Å². The summed E-state index contributed by atoms with van der Waals surface area (Å²) in [7, 11) is -3.76. The Balaban J connectivity index is 1.78. The number of anilines is 2. The minimum absolute atomic E-state index is 0.00540. The van der Waals surface area contributed by atoms with Gasteiger partial charge in [0.05, 0.1) is 29.2 Å². The number of esters is 2. The third-order valence-electron chi connectivity index (χ3n) is 4.31. The zero-order chi connectivity index (χ0) is 25.1. The van der Waals surface area contributed by atoms with Gasteiger partial charge in [-0.2, -0.15) is 0 Å². The van der Waals surface area contributed by atoms with Crippen molar-refractivity contribution in [2.75, 3.05) is 29.6 Å². The molecule has 0 bridgehead atoms. The summed E-state index contributed by atoms with van der Waals surface area (Å²) in [6.07, 6.45) is 0.273. The molecular formula is C23H26N2O8S. The molecule has 0 saturated heterocycles. The molecule has 11 heteroatoms. The van der Waals surface area contributed by atoms with Crippen LogP contribution in [-0.2, 0) is 33.7 Å². The lowest BCUT2D eigenvalue weighted by molar-refractivity contribution is -0.146. The van der Waals surface area contributed by atoms with E-state index in [-0.39, 0.29) is 10.8 Å². The van der Waals surface area contributed by atoms with E-state index in [2.05, 4.69) is 10.6 Å². The normalized spacial score (nSPS) is 10.8. The number of carbonyl (C=O) groups excluding carboxylic acids is 4. The molecule has 0 unspecified atom stereocenters. The van der Waals surface area contributed by atoms with E-state index < -0.39 is 46.5 Å². The van der Waals surface area contributed by atoms with E-state index in [1.807, 2.05) is 6.92 Å². The van der Waals surface area contributed by atoms with Crippen LogP contribution in [0.3, 0.4) is 0 Å². The van der Waals surface area contributed by atoms with Crippen LogP contribution in [0.4, 0.5) is 11.4 Å². The summed E-state index contributed by atoms with van der Waals surface area (Å²) >= 11 is 0. The van der Waals surface area contributed by atoms with Crippen LogP contribution in [0.15, 0.2) is 53.4 Å². The number of hydrogen-bond donors (Lipinski definition) is 2. The van der Waals surface area contributed by atoms with Crippen molar-refractivity contribution in [1.29, 1.82) is 0 Å². The van der Waals surface area contributed by atoms with Gasteiger partial charge in [0.2, 0.25) is 5.91 Å². The average molecular weight is 491 g/mol. The van der Waals surface area contributed by atoms with Gasteiger partial charge in [-0.3, -0.25) is 14.4 Å². The smallest absolute Gasteiger partial charge is 0.338 e. The maximum atomic E-state index is 12.4. The Hall–Kier alpha value is -3.73. The number of ether oxygens (including phenoxy) is 2. The molecule has 2 amide bonds. The zero-order valence-electron chi connectivity index (χ0n) is 18.8. The minimum atomic E-state index is -3.76. The van der Waals surface area contributed by atoms with Gasteiger partial charge in [0.15, 0.2) is 16.4 Å². The molecular weight excluding hydrogens is 464 g/mol. The largest absolute Gasteiger partial charge is 0.462 e. The van der Waals surface area contributed by atoms with Crippen LogP contribution in [-0.4, -0.2) is 51.1 Å². The van der Waals surface area contributed by atoms with Gasteiger partial charge in [-0.1, -0.05) is 6.92 Å². The van der Waals surface area contributed by atoms with Crippen LogP contribution < -0.4 is 10.6 Å². The lowest BCUT2D eigenvalue weighted by Gasteiger charge is -2.08. The predicted molar refractivity (Wildman–Crippen MR) is 124 cm³/mol. The third-order valence-corrected chi connectivity index (χ3v) is 6.05. The van der Waals surface area contributed by atoms with Gasteiger partial charge < -0.3 is 20.1 Å². The number of hydrogen-bond acceptors (Lipinski definition) is 8. The van der Waals surface area contributed by atoms with Gasteiger partial charge >= 0.3 is 11.9 Å². The first-order valence-electron chi connectivity index (χ1n) is 10.4. The summed E-state index contributed by atoms with van der Waals surface area (Å²) in [5.41, 5.74) is 1.17. The summed E-state index contributed by atoms with van der Waals surface area (Å²) in [5.74, 6) is -2.71. The van der Waals surface area contributed by atoms with Crippen molar-refractivity contribution in [1.82, 2.24) is 0 Å². The number of nitrogens with one attached hydrogen (secondary N) is 2. The highest BCUT2D eigenvalue weighted by molar-refractivity contribution is 7.91. The molecule has 0 aliphatic heterocycles. The standard InChI is InChI=1S/C23H26N2O8S/c1-3-13-32-23(29)17-4-6-19(7-5-17)25-21(27)15-33-22(28)12-14-34(30,31)20-10-8-18(9-11-20)24-16(2)26/h4-11H,3,12-15H2,1-2H3,(H,24,26)(H,25,27). The molecule has 0 radical (unpaired) electrons. The van der Waals surface area contributed by atoms with Crippen molar-refractivity contribution >= 4 is 45.0 Å². The Morgan fingerprint density at radius 3 is 2.03 bits per heavy atom. The van der Waals surface area contributed by atoms with Crippen LogP contribution in [0, 0.1) is 0 Å². The number of rotatable bonds is 11. The number of amides is 2. The van der Waals surface area contributed by atoms with E-state index in [0.717, 1.165) is 0 Å². The molecule has 2 aromatic carbocycles. The highest BCUT2D eigenvalue weighted by Gasteiger charge is 2.18. The molecule has 0 aliphatic rings. The summed E-state index contributed by atoms with van der Waals surface area (Å²) < 4.78 is 34.6. The van der Waals surface area contributed by atoms with Crippen molar-refractivity contribution in [2.45, 2.75) is 31.6 Å². The van der Waals surface area contributed by atoms with E-state index in [1.54, 1.807) is 0 Å². The van der Waals surface area contributed by atoms with E-state index in [9.17, 15) is 27.6 Å². The van der Waals surface area contributed by atoms with E-state index in [4.69, 9.17) is 9.47 Å². The molecule has 0 atom stereocenters. The third kappa shape index (κ3) is 8.66. The fraction of sp³-hybridized carbons (Fsp3) is 0.304. The van der Waals surface area contributed by atoms with Crippen LogP contribution in [0.5, 0.6) is 0 Å². The number of carbonyl (C=O) groups is 4. The lowest BCUT2D eigenvalue weighted by Crippen LogP contribution is -2.22. The molecule has 0 aliphatic carbocycles. The quantitative estimate of drug-likeness (QED) is 0.457. The average Bonchev–Trinajstić information content (AvgIpc) is 2.80. The molecule has 0 fully saturated rings. The first kappa shape index (κ1) is 26.5. The highest BCUT2D eigenvalue weighted by Crippen LogP contribution is 2.16. The Labute approximate surface area is 197 Å². The van der Waals surface area contributed by atoms with E-state index in [1.165, 1.54) is 55.5 Å². The SMILES string of the molecule is CCCOC(=O)c1ccc(NC(=O)COC(=O)CCS(=O)(=O)c2ccc(NC(C)=O)cc2)cc1. The van der Waals surface area contributed by atoms with Crippen molar-refractivity contribution < 1.29 is 37.1 Å². The monoisotopic (exact) mass is 490 g/mol. The topological polar surface area (TPSA) is 145 Å². The Morgan fingerprint density at radius 1 is 0.853 bits per heavy atom. The Bertz CT molecular complexity index is 1130. The fourth-order valence-corrected chi connectivity index (χ4v) is 3.89. The molecule has 2 N–H and O–H groups in total. The van der Waals surface area contributed by atoms with Crippen LogP contribution >= 0.6 is 0 Å². The molecule has 0 heterocycles. The minimum Gasteiger partial charge on any atom is -0.462 e. The van der Waals surface area contributed by atoms with Gasteiger partial charge in [-0.25, -0.2) is 13.2 Å². The van der Waals surface area contributed by atoms with Gasteiger partial charge in [-0.05, 0) is 55.0 Å². The molecule has 0 aromatic heterocycles. The number of sulfone groups is 1. The maximum absolute atomic E-state index is 12.4. The first-order chi connectivity index (χ1) is 16.1. The fourth-order valence-electron chi connectivity index (χ4n) is 2.67. The van der Waals surface area contributed by atoms with Crippen molar-refractivity contribution in [3.8, 4) is 0 Å². The van der Waals surface area contributed by atoms with Gasteiger partial charge in [-0.15, -0.1) is 0 Å². The summed E-state index contributed by atoms with van der Waals surface area (Å²) in [6.45, 7) is 2.94. The van der Waals surface area contributed by atoms with Crippen LogP contribution in [0.1, 0.15) is 37.0 Å². The number of benzene rings is 2. The summed E-state index contributed by atoms with van der Waals surface area (Å²) in [5, 5.41) is 5.03. The molecule has 0 saturated carbocycles. The van der Waals surface area contributed by atoms with E-state index >= 15 is 0 Å². The van der Waals surface area contributed by atoms with Crippen LogP contribution in [0.2, 0.25) is 0 Å². The highest BCUT2D eigenvalue weighted by atomic mass is 32.2. The van der Waals surface area contributed by atoms with Gasteiger partial charge in [0, 0.05) is 18.3 Å². The van der Waals surface area contributed by atoms with E-state index in [0.29, 0.717) is 30.0 Å². The second kappa shape index (κ2) is 12.5. The Morgan fingerprint density at radius 2 is 1.44 bits per heavy atom. The zero-order valence-corrected chi connectivity index (χ0v) is 19.6. The summed E-state index contributed by atoms with van der Waals surface area (Å²) in [4.78, 5) is 46.7. The Kier molecular flexibility index (Phi) is 9.75. The first-order valence-corrected chi connectivity index (χ1v) is 12.1. The molecule has 10 nitrogen and oxygen atoms in total. The second-order valence-electron chi connectivity index (χ2n) is 7.20. The van der Waals surface area contributed by atoms with Gasteiger partial charge in [0.25, 0.3) is 5.91 Å². The molecule has 2 aromatic rings. The van der Waals surface area contributed by atoms with Crippen molar-refractivity contribution in [2.24, 2.45) is 0 Å². The van der Waals surface area contributed by atoms with Crippen molar-refractivity contribution in [3.63, 3.8) is 0 Å². The van der Waals surface area contributed by atoms with Crippen LogP contribution in [0.25, 0.3) is 0 Å². The maximum Gasteiger partial charge on any atom is 0.338 e. The molecule has 182 valence electrons. The second-order valence-corrected chi connectivity index (χ2v) is 9.31. The molecule has 0 spiro atoms. The lowest BCUT2D eigenvalue weighted by atomic mass is 10.2. The predicted octanol–water partition coefficient (Wildman–Crippen LogP) is 2.56.